The molecule has 0 radical (unpaired) electrons. The van der Waals surface area contributed by atoms with Crippen LogP contribution in [0.3, 0.4) is 0 Å². The standard InChI is InChI=1S/C22H22O8/c1-9(2)6-14(25)16-11(4)18-21(17(26)20(16)28-5)30-22(27)15-10(3)7-13(24)12(8-23)19(15)29-18/h7-9,24,26H,6H2,1-5H3. The van der Waals surface area contributed by atoms with Gasteiger partial charge in [-0.15, -0.1) is 0 Å². The minimum Gasteiger partial charge on any atom is -0.507 e. The van der Waals surface area contributed by atoms with Crippen LogP contribution in [0.4, 0.5) is 0 Å². The van der Waals surface area contributed by atoms with E-state index in [0.29, 0.717) is 11.8 Å². The van der Waals surface area contributed by atoms with Crippen molar-refractivity contribution in [2.75, 3.05) is 7.11 Å². The first kappa shape index (κ1) is 21.2. The number of esters is 1. The van der Waals surface area contributed by atoms with Crippen LogP contribution in [0.15, 0.2) is 6.07 Å². The molecule has 0 spiro atoms. The summed E-state index contributed by atoms with van der Waals surface area (Å²) in [7, 11) is 1.29. The molecule has 8 heteroatoms. The predicted molar refractivity (Wildman–Crippen MR) is 106 cm³/mol. The zero-order valence-electron chi connectivity index (χ0n) is 17.3. The molecule has 0 atom stereocenters. The quantitative estimate of drug-likeness (QED) is 0.325. The van der Waals surface area contributed by atoms with Gasteiger partial charge in [0, 0.05) is 12.0 Å². The number of rotatable bonds is 5. The Kier molecular flexibility index (Phi) is 5.43. The van der Waals surface area contributed by atoms with Gasteiger partial charge in [0.05, 0.1) is 18.2 Å². The van der Waals surface area contributed by atoms with E-state index in [1.54, 1.807) is 13.8 Å². The topological polar surface area (TPSA) is 119 Å². The zero-order chi connectivity index (χ0) is 22.3. The van der Waals surface area contributed by atoms with Crippen molar-refractivity contribution in [1.29, 1.82) is 0 Å². The fraction of sp³-hybridized carbons (Fsp3) is 0.318. The van der Waals surface area contributed by atoms with Gasteiger partial charge < -0.3 is 24.4 Å². The van der Waals surface area contributed by atoms with Gasteiger partial charge in [0.25, 0.3) is 0 Å². The van der Waals surface area contributed by atoms with Gasteiger partial charge in [-0.2, -0.15) is 0 Å². The number of aldehydes is 1. The number of fused-ring (bicyclic) bond motifs is 2. The molecule has 1 aliphatic rings. The Morgan fingerprint density at radius 1 is 1.17 bits per heavy atom. The first-order valence-corrected chi connectivity index (χ1v) is 9.30. The molecule has 158 valence electrons. The van der Waals surface area contributed by atoms with Crippen molar-refractivity contribution in [1.82, 2.24) is 0 Å². The van der Waals surface area contributed by atoms with E-state index in [1.165, 1.54) is 13.2 Å². The molecule has 2 aromatic carbocycles. The molecule has 0 bridgehead atoms. The van der Waals surface area contributed by atoms with Gasteiger partial charge in [0.2, 0.25) is 11.5 Å². The molecular weight excluding hydrogens is 392 g/mol. The number of aromatic hydroxyl groups is 2. The number of phenolic OH excluding ortho intramolecular Hbond substituents is 2. The third-order valence-electron chi connectivity index (χ3n) is 4.87. The molecule has 8 nitrogen and oxygen atoms in total. The molecule has 0 amide bonds. The number of carbonyl (C=O) groups is 3. The lowest BCUT2D eigenvalue weighted by molar-refractivity contribution is 0.0731. The fourth-order valence-electron chi connectivity index (χ4n) is 3.51. The van der Waals surface area contributed by atoms with Crippen molar-refractivity contribution in [3.63, 3.8) is 0 Å². The molecular formula is C22H22O8. The Bertz CT molecular complexity index is 1080. The van der Waals surface area contributed by atoms with Gasteiger partial charge in [0.15, 0.2) is 29.3 Å². The summed E-state index contributed by atoms with van der Waals surface area (Å²) in [6.45, 7) is 6.85. The van der Waals surface area contributed by atoms with Crippen molar-refractivity contribution >= 4 is 18.0 Å². The first-order valence-electron chi connectivity index (χ1n) is 9.30. The minimum absolute atomic E-state index is 0.0447. The lowest BCUT2D eigenvalue weighted by atomic mass is 9.95. The summed E-state index contributed by atoms with van der Waals surface area (Å²) in [6, 6.07) is 1.24. The SMILES string of the molecule is COc1c(O)c2c(c(C)c1C(=O)CC(C)C)Oc1c(C=O)c(O)cc(C)c1C(=O)O2. The highest BCUT2D eigenvalue weighted by atomic mass is 16.6. The Balaban J connectivity index is 2.35. The summed E-state index contributed by atoms with van der Waals surface area (Å²) in [5.41, 5.74) is 0.352. The van der Waals surface area contributed by atoms with Gasteiger partial charge in [-0.25, -0.2) is 4.79 Å². The normalized spacial score (nSPS) is 12.4. The monoisotopic (exact) mass is 414 g/mol. The van der Waals surface area contributed by atoms with Crippen molar-refractivity contribution < 1.29 is 38.8 Å². The lowest BCUT2D eigenvalue weighted by Crippen LogP contribution is -2.11. The zero-order valence-corrected chi connectivity index (χ0v) is 17.3. The van der Waals surface area contributed by atoms with E-state index in [2.05, 4.69) is 0 Å². The second-order valence-electron chi connectivity index (χ2n) is 7.50. The summed E-state index contributed by atoms with van der Waals surface area (Å²) in [5, 5.41) is 20.9. The molecule has 1 heterocycles. The summed E-state index contributed by atoms with van der Waals surface area (Å²) in [4.78, 5) is 37.2. The number of benzene rings is 2. The maximum Gasteiger partial charge on any atom is 0.347 e. The highest BCUT2D eigenvalue weighted by Crippen LogP contribution is 2.53. The molecule has 30 heavy (non-hydrogen) atoms. The number of ketones is 1. The number of hydrogen-bond acceptors (Lipinski definition) is 8. The van der Waals surface area contributed by atoms with Gasteiger partial charge >= 0.3 is 5.97 Å². The van der Waals surface area contributed by atoms with Crippen LogP contribution in [0.5, 0.6) is 34.5 Å². The van der Waals surface area contributed by atoms with Crippen LogP contribution in [0, 0.1) is 19.8 Å². The number of hydrogen-bond donors (Lipinski definition) is 2. The average Bonchev–Trinajstić information content (AvgIpc) is 2.81. The maximum atomic E-state index is 12.9. The average molecular weight is 414 g/mol. The highest BCUT2D eigenvalue weighted by Gasteiger charge is 2.36. The Labute approximate surface area is 173 Å². The third kappa shape index (κ3) is 3.24. The van der Waals surface area contributed by atoms with Gasteiger partial charge in [0.1, 0.15) is 11.3 Å². The Morgan fingerprint density at radius 3 is 2.40 bits per heavy atom. The van der Waals surface area contributed by atoms with Crippen LogP contribution < -0.4 is 14.2 Å². The number of aryl methyl sites for hydroxylation is 1. The smallest absolute Gasteiger partial charge is 0.347 e. The molecule has 0 saturated heterocycles. The number of ether oxygens (including phenoxy) is 3. The minimum atomic E-state index is -0.887. The maximum absolute atomic E-state index is 12.9. The molecule has 2 aromatic rings. The summed E-state index contributed by atoms with van der Waals surface area (Å²) in [5.74, 6) is -2.85. The molecule has 0 aromatic heterocycles. The van der Waals surface area contributed by atoms with E-state index in [0.717, 1.165) is 0 Å². The first-order chi connectivity index (χ1) is 14.1. The van der Waals surface area contributed by atoms with Gasteiger partial charge in [-0.05, 0) is 31.4 Å². The van der Waals surface area contributed by atoms with Gasteiger partial charge in [-0.3, -0.25) is 9.59 Å². The van der Waals surface area contributed by atoms with Crippen LogP contribution in [0.2, 0.25) is 0 Å². The van der Waals surface area contributed by atoms with Crippen LogP contribution in [-0.2, 0) is 0 Å². The predicted octanol–water partition coefficient (Wildman–Crippen LogP) is 4.09. The molecule has 2 N–H and O–H groups in total. The summed E-state index contributed by atoms with van der Waals surface area (Å²) in [6.07, 6.45) is 0.542. The van der Waals surface area contributed by atoms with E-state index in [1.807, 2.05) is 13.8 Å². The van der Waals surface area contributed by atoms with Crippen LogP contribution in [0.1, 0.15) is 62.5 Å². The molecule has 0 saturated carbocycles. The van der Waals surface area contributed by atoms with Crippen molar-refractivity contribution in [3.8, 4) is 34.5 Å². The van der Waals surface area contributed by atoms with Crippen molar-refractivity contribution in [3.05, 3.63) is 33.9 Å². The Morgan fingerprint density at radius 2 is 1.83 bits per heavy atom. The van der Waals surface area contributed by atoms with Crippen LogP contribution in [0.25, 0.3) is 0 Å². The lowest BCUT2D eigenvalue weighted by Gasteiger charge is -2.19. The summed E-state index contributed by atoms with van der Waals surface area (Å²) < 4.78 is 16.5. The fourth-order valence-corrected chi connectivity index (χ4v) is 3.51. The van der Waals surface area contributed by atoms with Crippen LogP contribution >= 0.6 is 0 Å². The molecule has 3 rings (SSSR count). The highest BCUT2D eigenvalue weighted by molar-refractivity contribution is 6.05. The van der Waals surface area contributed by atoms with E-state index >= 15 is 0 Å². The number of Topliss-reactive ketones (excluding diaryl/α,β-unsaturated/α-hetero) is 1. The third-order valence-corrected chi connectivity index (χ3v) is 4.87. The number of phenols is 2. The number of carbonyl (C=O) groups excluding carboxylic acids is 3. The van der Waals surface area contributed by atoms with Crippen molar-refractivity contribution in [2.24, 2.45) is 5.92 Å². The van der Waals surface area contributed by atoms with E-state index in [-0.39, 0.29) is 69.1 Å². The summed E-state index contributed by atoms with van der Waals surface area (Å²) >= 11 is 0. The molecule has 0 fully saturated rings. The van der Waals surface area contributed by atoms with Crippen molar-refractivity contribution in [2.45, 2.75) is 34.1 Å². The second kappa shape index (κ2) is 7.70. The van der Waals surface area contributed by atoms with Gasteiger partial charge in [-0.1, -0.05) is 13.8 Å². The van der Waals surface area contributed by atoms with Crippen LogP contribution in [-0.4, -0.2) is 35.4 Å². The number of methoxy groups -OCH3 is 1. The molecule has 1 aliphatic heterocycles. The van der Waals surface area contributed by atoms with E-state index < -0.39 is 11.7 Å². The Hall–Kier alpha value is -3.55. The van der Waals surface area contributed by atoms with E-state index in [9.17, 15) is 24.6 Å². The second-order valence-corrected chi connectivity index (χ2v) is 7.50. The molecule has 0 aliphatic carbocycles. The van der Waals surface area contributed by atoms with E-state index in [4.69, 9.17) is 14.2 Å². The largest absolute Gasteiger partial charge is 0.507 e. The molecule has 0 unspecified atom stereocenters.